The first-order valence-electron chi connectivity index (χ1n) is 8.43. The Morgan fingerprint density at radius 1 is 1.28 bits per heavy atom. The van der Waals surface area contributed by atoms with Crippen molar-refractivity contribution in [3.8, 4) is 16.9 Å². The molecule has 0 aliphatic heterocycles. The molecule has 0 spiro atoms. The number of carbonyl (C=O) groups excluding carboxylic acids is 2. The summed E-state index contributed by atoms with van der Waals surface area (Å²) < 4.78 is 6.21. The maximum atomic E-state index is 12.6. The first-order valence-corrected chi connectivity index (χ1v) is 9.31. The second-order valence-electron chi connectivity index (χ2n) is 6.04. The topological polar surface area (TPSA) is 128 Å². The number of carbonyl (C=O) groups is 2. The van der Waals surface area contributed by atoms with Crippen LogP contribution in [0, 0.1) is 6.92 Å². The number of benzene rings is 1. The largest absolute Gasteiger partial charge is 0.464 e. The Labute approximate surface area is 168 Å². The number of hydrogen-bond donors (Lipinski definition) is 2. The van der Waals surface area contributed by atoms with Crippen LogP contribution in [0.1, 0.15) is 26.4 Å². The van der Waals surface area contributed by atoms with Crippen molar-refractivity contribution in [1.29, 1.82) is 0 Å². The molecule has 0 radical (unpaired) electrons. The summed E-state index contributed by atoms with van der Waals surface area (Å²) in [5.74, 6) is -0.734. The standard InChI is InChI=1S/C18H15N7O3S/c1-10-5-11(3-4-15(10)25-9-20-23-24-25)16(26)22-18-21-14(8-29-18)12-6-13(19-7-12)17(27)28-2/h3-9,19H,1-2H3,(H,21,22,26). The number of anilines is 1. The van der Waals surface area contributed by atoms with Crippen molar-refractivity contribution in [3.05, 3.63) is 59.0 Å². The molecule has 0 saturated carbocycles. The summed E-state index contributed by atoms with van der Waals surface area (Å²) in [5.41, 5.74) is 3.83. The van der Waals surface area contributed by atoms with Gasteiger partial charge in [0.05, 0.1) is 18.5 Å². The van der Waals surface area contributed by atoms with Crippen molar-refractivity contribution >= 4 is 28.3 Å². The molecule has 0 unspecified atom stereocenters. The molecule has 3 aromatic heterocycles. The van der Waals surface area contributed by atoms with E-state index >= 15 is 0 Å². The first kappa shape index (κ1) is 18.5. The van der Waals surface area contributed by atoms with Crippen LogP contribution in [0.2, 0.25) is 0 Å². The lowest BCUT2D eigenvalue weighted by Gasteiger charge is -2.07. The third-order valence-electron chi connectivity index (χ3n) is 4.16. The number of rotatable bonds is 5. The lowest BCUT2D eigenvalue weighted by atomic mass is 10.1. The Kier molecular flexibility index (Phi) is 4.87. The number of thiazole rings is 1. The average molecular weight is 409 g/mol. The molecular formula is C18H15N7O3S. The summed E-state index contributed by atoms with van der Waals surface area (Å²) in [6, 6.07) is 6.88. The fourth-order valence-electron chi connectivity index (χ4n) is 2.73. The number of tetrazole rings is 1. The lowest BCUT2D eigenvalue weighted by molar-refractivity contribution is 0.0594. The lowest BCUT2D eigenvalue weighted by Crippen LogP contribution is -2.12. The summed E-state index contributed by atoms with van der Waals surface area (Å²) in [7, 11) is 1.32. The van der Waals surface area contributed by atoms with Crippen molar-refractivity contribution in [2.75, 3.05) is 12.4 Å². The van der Waals surface area contributed by atoms with Gasteiger partial charge in [0.1, 0.15) is 12.0 Å². The van der Waals surface area contributed by atoms with Crippen LogP contribution in [0.4, 0.5) is 5.13 Å². The maximum absolute atomic E-state index is 12.6. The monoisotopic (exact) mass is 409 g/mol. The molecule has 4 rings (SSSR count). The number of aromatic nitrogens is 6. The van der Waals surface area contributed by atoms with Crippen molar-refractivity contribution in [2.45, 2.75) is 6.92 Å². The van der Waals surface area contributed by atoms with Crippen LogP contribution in [0.3, 0.4) is 0 Å². The Hall–Kier alpha value is -3.86. The van der Waals surface area contributed by atoms with Crippen molar-refractivity contribution in [3.63, 3.8) is 0 Å². The summed E-state index contributed by atoms with van der Waals surface area (Å²) in [6.45, 7) is 1.88. The minimum atomic E-state index is -0.458. The van der Waals surface area contributed by atoms with E-state index in [2.05, 4.69) is 35.5 Å². The molecule has 1 amide bonds. The van der Waals surface area contributed by atoms with Gasteiger partial charge in [0.2, 0.25) is 0 Å². The highest BCUT2D eigenvalue weighted by molar-refractivity contribution is 7.14. The molecule has 4 aromatic rings. The highest BCUT2D eigenvalue weighted by Gasteiger charge is 2.14. The van der Waals surface area contributed by atoms with Crippen LogP contribution in [0.5, 0.6) is 0 Å². The van der Waals surface area contributed by atoms with Gasteiger partial charge in [-0.15, -0.1) is 16.4 Å². The SMILES string of the molecule is COC(=O)c1cc(-c2csc(NC(=O)c3ccc(-n4cnnn4)c(C)c3)n2)c[nH]1. The number of nitrogens with one attached hydrogen (secondary N) is 2. The van der Waals surface area contributed by atoms with Gasteiger partial charge in [-0.25, -0.2) is 14.5 Å². The molecule has 0 aliphatic carbocycles. The molecular weight excluding hydrogens is 394 g/mol. The third-order valence-corrected chi connectivity index (χ3v) is 4.92. The number of methoxy groups -OCH3 is 1. The molecule has 0 saturated heterocycles. The predicted molar refractivity (Wildman–Crippen MR) is 105 cm³/mol. The van der Waals surface area contributed by atoms with E-state index in [9.17, 15) is 9.59 Å². The number of aromatic amines is 1. The highest BCUT2D eigenvalue weighted by Crippen LogP contribution is 2.26. The molecule has 11 heteroatoms. The Morgan fingerprint density at radius 3 is 2.86 bits per heavy atom. The number of aryl methyl sites for hydroxylation is 1. The van der Waals surface area contributed by atoms with E-state index in [4.69, 9.17) is 0 Å². The number of ether oxygens (including phenoxy) is 1. The number of amides is 1. The minimum absolute atomic E-state index is 0.276. The molecule has 2 N–H and O–H groups in total. The van der Waals surface area contributed by atoms with E-state index in [1.807, 2.05) is 6.92 Å². The van der Waals surface area contributed by atoms with Gasteiger partial charge in [0.15, 0.2) is 5.13 Å². The smallest absolute Gasteiger partial charge is 0.354 e. The predicted octanol–water partition coefficient (Wildman–Crippen LogP) is 2.46. The van der Waals surface area contributed by atoms with Gasteiger partial charge in [0, 0.05) is 22.7 Å². The van der Waals surface area contributed by atoms with Crippen LogP contribution >= 0.6 is 11.3 Å². The summed E-state index contributed by atoms with van der Waals surface area (Å²) >= 11 is 1.29. The van der Waals surface area contributed by atoms with Crippen LogP contribution in [-0.2, 0) is 4.74 Å². The molecule has 3 heterocycles. The van der Waals surface area contributed by atoms with Gasteiger partial charge in [-0.2, -0.15) is 0 Å². The fourth-order valence-corrected chi connectivity index (χ4v) is 3.44. The number of H-pyrrole nitrogens is 1. The van der Waals surface area contributed by atoms with Crippen molar-refractivity contribution in [1.82, 2.24) is 30.2 Å². The van der Waals surface area contributed by atoms with Crippen LogP contribution in [-0.4, -0.2) is 49.2 Å². The quantitative estimate of drug-likeness (QED) is 0.485. The van der Waals surface area contributed by atoms with Crippen LogP contribution in [0.15, 0.2) is 42.2 Å². The summed E-state index contributed by atoms with van der Waals surface area (Å²) in [5, 5.41) is 16.1. The van der Waals surface area contributed by atoms with E-state index in [0.29, 0.717) is 22.1 Å². The Morgan fingerprint density at radius 2 is 2.14 bits per heavy atom. The molecule has 0 atom stereocenters. The summed E-state index contributed by atoms with van der Waals surface area (Å²) in [6.07, 6.45) is 3.15. The zero-order valence-corrected chi connectivity index (χ0v) is 16.2. The number of esters is 1. The normalized spacial score (nSPS) is 10.7. The van der Waals surface area contributed by atoms with Gasteiger partial charge in [-0.05, 0) is 47.2 Å². The molecule has 0 fully saturated rings. The van der Waals surface area contributed by atoms with Crippen LogP contribution in [0.25, 0.3) is 16.9 Å². The third kappa shape index (κ3) is 3.75. The van der Waals surface area contributed by atoms with E-state index in [1.165, 1.54) is 29.5 Å². The molecule has 10 nitrogen and oxygen atoms in total. The maximum Gasteiger partial charge on any atom is 0.354 e. The van der Waals surface area contributed by atoms with Crippen molar-refractivity contribution in [2.24, 2.45) is 0 Å². The highest BCUT2D eigenvalue weighted by atomic mass is 32.1. The second kappa shape index (κ2) is 7.64. The van der Waals surface area contributed by atoms with Gasteiger partial charge in [-0.3, -0.25) is 10.1 Å². The van der Waals surface area contributed by atoms with E-state index in [1.54, 1.807) is 35.8 Å². The first-order chi connectivity index (χ1) is 14.0. The molecule has 0 aliphatic rings. The zero-order chi connectivity index (χ0) is 20.4. The van der Waals surface area contributed by atoms with Gasteiger partial charge < -0.3 is 9.72 Å². The van der Waals surface area contributed by atoms with Gasteiger partial charge >= 0.3 is 5.97 Å². The van der Waals surface area contributed by atoms with Crippen molar-refractivity contribution < 1.29 is 14.3 Å². The number of nitrogens with zero attached hydrogens (tertiary/aromatic N) is 5. The van der Waals surface area contributed by atoms with E-state index in [0.717, 1.165) is 16.8 Å². The number of hydrogen-bond acceptors (Lipinski definition) is 8. The van der Waals surface area contributed by atoms with Crippen LogP contribution < -0.4 is 5.32 Å². The summed E-state index contributed by atoms with van der Waals surface area (Å²) in [4.78, 5) is 31.4. The van der Waals surface area contributed by atoms with E-state index < -0.39 is 5.97 Å². The Balaban J connectivity index is 1.49. The second-order valence-corrected chi connectivity index (χ2v) is 6.90. The zero-order valence-electron chi connectivity index (χ0n) is 15.4. The van der Waals surface area contributed by atoms with Gasteiger partial charge in [-0.1, -0.05) is 0 Å². The molecule has 0 bridgehead atoms. The average Bonchev–Trinajstić information content (AvgIpc) is 3.48. The van der Waals surface area contributed by atoms with Gasteiger partial charge in [0.25, 0.3) is 5.91 Å². The Bertz CT molecular complexity index is 1180. The molecule has 29 heavy (non-hydrogen) atoms. The fraction of sp³-hybridized carbons (Fsp3) is 0.111. The molecule has 146 valence electrons. The molecule has 1 aromatic carbocycles. The van der Waals surface area contributed by atoms with E-state index in [-0.39, 0.29) is 5.91 Å². The minimum Gasteiger partial charge on any atom is -0.464 e.